The van der Waals surface area contributed by atoms with E-state index in [0.29, 0.717) is 26.1 Å². The van der Waals surface area contributed by atoms with Crippen LogP contribution >= 0.6 is 0 Å². The summed E-state index contributed by atoms with van der Waals surface area (Å²) in [5, 5.41) is 3.83. The van der Waals surface area contributed by atoms with E-state index in [1.54, 1.807) is 0 Å². The van der Waals surface area contributed by atoms with Crippen molar-refractivity contribution in [1.29, 1.82) is 0 Å². The number of alkyl halides is 3. The van der Waals surface area contributed by atoms with Crippen molar-refractivity contribution >= 4 is 0 Å². The van der Waals surface area contributed by atoms with Gasteiger partial charge in [-0.1, -0.05) is 5.16 Å². The predicted octanol–water partition coefficient (Wildman–Crippen LogP) is 2.80. The Kier molecular flexibility index (Phi) is 4.07. The molecule has 3 rings (SSSR count). The topological polar surface area (TPSA) is 70.3 Å². The Bertz CT molecular complexity index is 681. The molecule has 0 saturated carbocycles. The van der Waals surface area contributed by atoms with Crippen LogP contribution in [0.1, 0.15) is 24.2 Å². The van der Waals surface area contributed by atoms with Crippen LogP contribution in [0.3, 0.4) is 0 Å². The third-order valence-electron chi connectivity index (χ3n) is 3.88. The van der Waals surface area contributed by atoms with Gasteiger partial charge >= 0.3 is 6.18 Å². The number of methoxy groups -OCH3 is 1. The Morgan fingerprint density at radius 1 is 1.26 bits per heavy atom. The highest BCUT2D eigenvalue weighted by Crippen LogP contribution is 2.38. The zero-order chi connectivity index (χ0) is 16.5. The lowest BCUT2D eigenvalue weighted by atomic mass is 9.93. The quantitative estimate of drug-likeness (QED) is 0.862. The standard InChI is InChI=1S/C14H14F3N3O3/c1-21-13(3-6-22-7-4-13)12-19-11(23-20-12)9-2-5-18-8-10(9)14(15,16)17/h2,5,8H,3-4,6-7H2,1H3. The van der Waals surface area contributed by atoms with Gasteiger partial charge in [-0.3, -0.25) is 4.98 Å². The summed E-state index contributed by atoms with van der Waals surface area (Å²) in [5.74, 6) is 0.0147. The van der Waals surface area contributed by atoms with Gasteiger partial charge in [0, 0.05) is 45.6 Å². The molecule has 0 spiro atoms. The SMILES string of the molecule is COC1(c2noc(-c3ccncc3C(F)(F)F)n2)CCOCC1. The van der Waals surface area contributed by atoms with Gasteiger partial charge in [-0.25, -0.2) is 0 Å². The smallest absolute Gasteiger partial charge is 0.381 e. The normalized spacial score (nSPS) is 18.1. The van der Waals surface area contributed by atoms with Crippen LogP contribution in [-0.4, -0.2) is 35.4 Å². The number of nitrogens with zero attached hydrogens (tertiary/aromatic N) is 3. The molecule has 6 nitrogen and oxygen atoms in total. The van der Waals surface area contributed by atoms with Crippen LogP contribution in [0, 0.1) is 0 Å². The van der Waals surface area contributed by atoms with Crippen LogP contribution in [0.4, 0.5) is 13.2 Å². The second-order valence-electron chi connectivity index (χ2n) is 5.15. The highest BCUT2D eigenvalue weighted by Gasteiger charge is 2.40. The molecule has 23 heavy (non-hydrogen) atoms. The van der Waals surface area contributed by atoms with E-state index in [-0.39, 0.29) is 17.3 Å². The molecule has 0 radical (unpaired) electrons. The average Bonchev–Trinajstić information content (AvgIpc) is 3.05. The van der Waals surface area contributed by atoms with Crippen LogP contribution in [0.15, 0.2) is 23.0 Å². The number of pyridine rings is 1. The summed E-state index contributed by atoms with van der Waals surface area (Å²) in [6.07, 6.45) is -1.57. The summed E-state index contributed by atoms with van der Waals surface area (Å²) in [6.45, 7) is 0.918. The van der Waals surface area contributed by atoms with Crippen LogP contribution in [0.25, 0.3) is 11.5 Å². The number of rotatable bonds is 3. The molecule has 3 heterocycles. The van der Waals surface area contributed by atoms with Gasteiger partial charge in [0.25, 0.3) is 5.89 Å². The van der Waals surface area contributed by atoms with Crippen molar-refractivity contribution in [3.05, 3.63) is 29.8 Å². The fraction of sp³-hybridized carbons (Fsp3) is 0.500. The summed E-state index contributed by atoms with van der Waals surface area (Å²) in [6, 6.07) is 1.20. The van der Waals surface area contributed by atoms with E-state index in [1.807, 2.05) is 0 Å². The molecule has 124 valence electrons. The summed E-state index contributed by atoms with van der Waals surface area (Å²) >= 11 is 0. The molecule has 0 N–H and O–H groups in total. The molecule has 2 aromatic heterocycles. The lowest BCUT2D eigenvalue weighted by Crippen LogP contribution is -2.36. The lowest BCUT2D eigenvalue weighted by molar-refractivity contribution is -0.137. The van der Waals surface area contributed by atoms with Crippen LogP contribution in [0.2, 0.25) is 0 Å². The van der Waals surface area contributed by atoms with Crippen molar-refractivity contribution < 1.29 is 27.2 Å². The van der Waals surface area contributed by atoms with Crippen molar-refractivity contribution in [2.75, 3.05) is 20.3 Å². The van der Waals surface area contributed by atoms with E-state index < -0.39 is 17.3 Å². The van der Waals surface area contributed by atoms with E-state index >= 15 is 0 Å². The third kappa shape index (κ3) is 2.93. The molecule has 0 unspecified atom stereocenters. The van der Waals surface area contributed by atoms with Gasteiger partial charge in [0.1, 0.15) is 5.60 Å². The van der Waals surface area contributed by atoms with Crippen molar-refractivity contribution in [3.63, 3.8) is 0 Å². The zero-order valence-electron chi connectivity index (χ0n) is 12.3. The Hall–Kier alpha value is -2.00. The summed E-state index contributed by atoms with van der Waals surface area (Å²) in [4.78, 5) is 7.65. The fourth-order valence-electron chi connectivity index (χ4n) is 2.54. The minimum atomic E-state index is -4.56. The largest absolute Gasteiger partial charge is 0.418 e. The average molecular weight is 329 g/mol. The highest BCUT2D eigenvalue weighted by atomic mass is 19.4. The van der Waals surface area contributed by atoms with Crippen molar-refractivity contribution in [3.8, 4) is 11.5 Å². The molecule has 0 amide bonds. The van der Waals surface area contributed by atoms with Crippen molar-refractivity contribution in [2.24, 2.45) is 0 Å². The Labute approximate surface area is 129 Å². The third-order valence-corrected chi connectivity index (χ3v) is 3.88. The maximum atomic E-state index is 13.1. The van der Waals surface area contributed by atoms with E-state index in [0.717, 1.165) is 6.20 Å². The molecule has 0 bridgehead atoms. The Morgan fingerprint density at radius 3 is 2.65 bits per heavy atom. The highest BCUT2D eigenvalue weighted by molar-refractivity contribution is 5.58. The number of ether oxygens (including phenoxy) is 2. The van der Waals surface area contributed by atoms with Gasteiger partial charge in [0.05, 0.1) is 11.1 Å². The minimum Gasteiger partial charge on any atom is -0.381 e. The zero-order valence-corrected chi connectivity index (χ0v) is 12.3. The molecule has 2 aromatic rings. The van der Waals surface area contributed by atoms with Gasteiger partial charge in [-0.15, -0.1) is 0 Å². The number of hydrogen-bond donors (Lipinski definition) is 0. The predicted molar refractivity (Wildman–Crippen MR) is 71.3 cm³/mol. The van der Waals surface area contributed by atoms with E-state index in [2.05, 4.69) is 15.1 Å². The van der Waals surface area contributed by atoms with E-state index in [1.165, 1.54) is 19.4 Å². The summed E-state index contributed by atoms with van der Waals surface area (Å²) < 4.78 is 55.0. The summed E-state index contributed by atoms with van der Waals surface area (Å²) in [7, 11) is 1.51. The maximum Gasteiger partial charge on any atom is 0.418 e. The van der Waals surface area contributed by atoms with E-state index in [9.17, 15) is 13.2 Å². The number of halogens is 3. The number of hydrogen-bond acceptors (Lipinski definition) is 6. The monoisotopic (exact) mass is 329 g/mol. The molecule has 1 aliphatic rings. The molecule has 9 heteroatoms. The molecule has 1 fully saturated rings. The second kappa shape index (κ2) is 5.89. The van der Waals surface area contributed by atoms with Crippen LogP contribution in [-0.2, 0) is 21.3 Å². The number of aromatic nitrogens is 3. The first kappa shape index (κ1) is 15.9. The summed E-state index contributed by atoms with van der Waals surface area (Å²) in [5.41, 5.74) is -1.93. The van der Waals surface area contributed by atoms with Gasteiger partial charge in [0.2, 0.25) is 5.82 Å². The first-order valence-electron chi connectivity index (χ1n) is 6.95. The van der Waals surface area contributed by atoms with Crippen LogP contribution in [0.5, 0.6) is 0 Å². The molecule has 0 aliphatic carbocycles. The molecule has 0 aromatic carbocycles. The van der Waals surface area contributed by atoms with Gasteiger partial charge in [-0.05, 0) is 6.07 Å². The van der Waals surface area contributed by atoms with Crippen molar-refractivity contribution in [1.82, 2.24) is 15.1 Å². The molecule has 1 aliphatic heterocycles. The van der Waals surface area contributed by atoms with Gasteiger partial charge in [-0.2, -0.15) is 18.2 Å². The second-order valence-corrected chi connectivity index (χ2v) is 5.15. The van der Waals surface area contributed by atoms with E-state index in [4.69, 9.17) is 14.0 Å². The van der Waals surface area contributed by atoms with Crippen molar-refractivity contribution in [2.45, 2.75) is 24.6 Å². The Balaban J connectivity index is 2.00. The Morgan fingerprint density at radius 2 is 2.00 bits per heavy atom. The minimum absolute atomic E-state index is 0.204. The maximum absolute atomic E-state index is 13.1. The van der Waals surface area contributed by atoms with Crippen LogP contribution < -0.4 is 0 Å². The fourth-order valence-corrected chi connectivity index (χ4v) is 2.54. The first-order valence-corrected chi connectivity index (χ1v) is 6.95. The van der Waals surface area contributed by atoms with Gasteiger partial charge < -0.3 is 14.0 Å². The molecular formula is C14H14F3N3O3. The molecular weight excluding hydrogens is 315 g/mol. The van der Waals surface area contributed by atoms with Gasteiger partial charge in [0.15, 0.2) is 0 Å². The lowest BCUT2D eigenvalue weighted by Gasteiger charge is -2.32. The molecule has 1 saturated heterocycles. The molecule has 0 atom stereocenters. The first-order chi connectivity index (χ1) is 11.0.